The topological polar surface area (TPSA) is 134 Å². The highest BCUT2D eigenvalue weighted by atomic mass is 32.1. The van der Waals surface area contributed by atoms with Crippen LogP contribution in [0.4, 0.5) is 5.82 Å². The molecule has 10 nitrogen and oxygen atoms in total. The maximum absolute atomic E-state index is 11.7. The van der Waals surface area contributed by atoms with Gasteiger partial charge in [0.1, 0.15) is 30.9 Å². The van der Waals surface area contributed by atoms with Crippen LogP contribution in [-0.2, 0) is 0 Å². The van der Waals surface area contributed by atoms with Crippen LogP contribution in [0.25, 0.3) is 11.3 Å². The van der Waals surface area contributed by atoms with Gasteiger partial charge in [-0.25, -0.2) is 19.9 Å². The summed E-state index contributed by atoms with van der Waals surface area (Å²) >= 11 is 0. The number of fused-ring (bicyclic) bond motifs is 1. The minimum absolute atomic E-state index is 0. The van der Waals surface area contributed by atoms with Crippen molar-refractivity contribution in [1.82, 2.24) is 19.9 Å². The summed E-state index contributed by atoms with van der Waals surface area (Å²) in [5.41, 5.74) is 7.85. The molecule has 0 saturated carbocycles. The Bertz CT molecular complexity index is 1110. The molecular formula is C21H24N6O4S. The number of hydrogen-bond donors (Lipinski definition) is 2. The van der Waals surface area contributed by atoms with Crippen molar-refractivity contribution in [3.8, 4) is 28.8 Å². The third-order valence-electron chi connectivity index (χ3n) is 4.86. The van der Waals surface area contributed by atoms with Crippen LogP contribution in [0.5, 0.6) is 17.5 Å². The Morgan fingerprint density at radius 2 is 2.03 bits per heavy atom. The molecule has 168 valence electrons. The quantitative estimate of drug-likeness (QED) is 0.548. The first kappa shape index (κ1) is 23.1. The zero-order valence-corrected chi connectivity index (χ0v) is 18.7. The second-order valence-electron chi connectivity index (χ2n) is 6.95. The van der Waals surface area contributed by atoms with Gasteiger partial charge in [0.2, 0.25) is 5.88 Å². The molecule has 0 bridgehead atoms. The van der Waals surface area contributed by atoms with Crippen molar-refractivity contribution in [2.45, 2.75) is 12.8 Å². The van der Waals surface area contributed by atoms with Crippen molar-refractivity contribution in [1.29, 1.82) is 0 Å². The molecule has 4 heterocycles. The van der Waals surface area contributed by atoms with Crippen LogP contribution in [0.1, 0.15) is 28.8 Å². The van der Waals surface area contributed by atoms with Crippen LogP contribution in [0.3, 0.4) is 0 Å². The average Bonchev–Trinajstić information content (AvgIpc) is 2.81. The van der Waals surface area contributed by atoms with Gasteiger partial charge < -0.3 is 25.3 Å². The Balaban J connectivity index is 0.00000289. The van der Waals surface area contributed by atoms with E-state index >= 15 is 0 Å². The lowest BCUT2D eigenvalue weighted by Gasteiger charge is -2.22. The van der Waals surface area contributed by atoms with Crippen molar-refractivity contribution in [3.05, 3.63) is 48.0 Å². The summed E-state index contributed by atoms with van der Waals surface area (Å²) in [6, 6.07) is 5.31. The van der Waals surface area contributed by atoms with Gasteiger partial charge in [0.15, 0.2) is 5.75 Å². The summed E-state index contributed by atoms with van der Waals surface area (Å²) in [6.45, 7) is 3.68. The molecule has 11 heteroatoms. The Hall–Kier alpha value is -3.60. The first-order valence-electron chi connectivity index (χ1n) is 9.71. The standard InChI is InChI=1S/C21H22N6O4.H2S/c1-12(14-3-4-23-21-18(14)30-5-6-31-21)9-24-17-8-16(26-11-27-17)13-7-15(19(22)28)20(29-2)25-10-13;/h3-4,7-8,10-12H,5-6,9H2,1-2H3,(H2,22,28)(H,24,26,27);1H2/t12-;/m1./s1. The predicted molar refractivity (Wildman–Crippen MR) is 123 cm³/mol. The normalized spacial score (nSPS) is 12.9. The van der Waals surface area contributed by atoms with Gasteiger partial charge in [-0.3, -0.25) is 4.79 Å². The first-order chi connectivity index (χ1) is 15.1. The van der Waals surface area contributed by atoms with E-state index in [4.69, 9.17) is 19.9 Å². The molecular weight excluding hydrogens is 432 g/mol. The average molecular weight is 457 g/mol. The molecule has 3 aromatic heterocycles. The largest absolute Gasteiger partial charge is 0.484 e. The number of carbonyl (C=O) groups excluding carboxylic acids is 1. The van der Waals surface area contributed by atoms with Gasteiger partial charge in [0.05, 0.1) is 12.8 Å². The number of nitrogens with zero attached hydrogens (tertiary/aromatic N) is 4. The van der Waals surface area contributed by atoms with Crippen LogP contribution in [0.2, 0.25) is 0 Å². The smallest absolute Gasteiger partial charge is 0.257 e. The molecule has 0 spiro atoms. The van der Waals surface area contributed by atoms with Gasteiger partial charge in [0.25, 0.3) is 11.8 Å². The third-order valence-corrected chi connectivity index (χ3v) is 4.86. The molecule has 3 aromatic rings. The Labute approximate surface area is 192 Å². The maximum atomic E-state index is 11.7. The molecule has 1 aliphatic rings. The second-order valence-corrected chi connectivity index (χ2v) is 6.95. The predicted octanol–water partition coefficient (Wildman–Crippen LogP) is 2.14. The third kappa shape index (κ3) is 4.83. The van der Waals surface area contributed by atoms with Gasteiger partial charge in [-0.1, -0.05) is 6.92 Å². The zero-order chi connectivity index (χ0) is 21.8. The summed E-state index contributed by atoms with van der Waals surface area (Å²) in [6.07, 6.45) is 4.73. The molecule has 1 amide bonds. The maximum Gasteiger partial charge on any atom is 0.257 e. The number of hydrogen-bond acceptors (Lipinski definition) is 9. The van der Waals surface area contributed by atoms with Crippen molar-refractivity contribution < 1.29 is 19.0 Å². The molecule has 0 saturated heterocycles. The van der Waals surface area contributed by atoms with Gasteiger partial charge in [-0.15, -0.1) is 0 Å². The van der Waals surface area contributed by atoms with E-state index in [1.165, 1.54) is 13.4 Å². The van der Waals surface area contributed by atoms with E-state index in [-0.39, 0.29) is 30.9 Å². The van der Waals surface area contributed by atoms with Crippen molar-refractivity contribution in [2.24, 2.45) is 5.73 Å². The molecule has 1 atom stereocenters. The van der Waals surface area contributed by atoms with Gasteiger partial charge >= 0.3 is 0 Å². The van der Waals surface area contributed by atoms with Crippen LogP contribution in [0, 0.1) is 0 Å². The highest BCUT2D eigenvalue weighted by Gasteiger charge is 2.21. The van der Waals surface area contributed by atoms with Crippen molar-refractivity contribution in [3.63, 3.8) is 0 Å². The molecule has 1 aliphatic heterocycles. The number of pyridine rings is 2. The van der Waals surface area contributed by atoms with Crippen LogP contribution in [0.15, 0.2) is 36.9 Å². The summed E-state index contributed by atoms with van der Waals surface area (Å²) in [4.78, 5) is 28.6. The highest BCUT2D eigenvalue weighted by molar-refractivity contribution is 7.59. The second kappa shape index (κ2) is 10.1. The molecule has 32 heavy (non-hydrogen) atoms. The van der Waals surface area contributed by atoms with Crippen LogP contribution in [-0.4, -0.2) is 52.7 Å². The number of carbonyl (C=O) groups is 1. The molecule has 3 N–H and O–H groups in total. The lowest BCUT2D eigenvalue weighted by molar-refractivity contribution is 0.0996. The fourth-order valence-electron chi connectivity index (χ4n) is 3.27. The monoisotopic (exact) mass is 456 g/mol. The minimum atomic E-state index is -0.626. The fourth-order valence-corrected chi connectivity index (χ4v) is 3.27. The number of anilines is 1. The number of ether oxygens (including phenoxy) is 3. The molecule has 0 unspecified atom stereocenters. The van der Waals surface area contributed by atoms with Crippen LogP contribution < -0.4 is 25.3 Å². The van der Waals surface area contributed by atoms with Gasteiger partial charge in [-0.05, 0) is 12.1 Å². The molecule has 0 aromatic carbocycles. The summed E-state index contributed by atoms with van der Waals surface area (Å²) in [5, 5.41) is 3.32. The molecule has 0 radical (unpaired) electrons. The summed E-state index contributed by atoms with van der Waals surface area (Å²) < 4.78 is 16.4. The zero-order valence-electron chi connectivity index (χ0n) is 17.7. The SMILES string of the molecule is COc1ncc(-c2cc(NC[C@@H](C)c3ccnc4c3OCCO4)ncn2)cc1C(N)=O.S. The van der Waals surface area contributed by atoms with Crippen molar-refractivity contribution >= 4 is 25.2 Å². The number of methoxy groups -OCH3 is 1. The van der Waals surface area contributed by atoms with E-state index in [9.17, 15) is 4.79 Å². The highest BCUT2D eigenvalue weighted by Crippen LogP contribution is 2.35. The van der Waals surface area contributed by atoms with E-state index in [1.54, 1.807) is 24.5 Å². The number of rotatable bonds is 7. The minimum Gasteiger partial charge on any atom is -0.484 e. The Morgan fingerprint density at radius 1 is 1.22 bits per heavy atom. The van der Waals surface area contributed by atoms with Crippen LogP contribution >= 0.6 is 13.5 Å². The lowest BCUT2D eigenvalue weighted by Crippen LogP contribution is -2.19. The number of amides is 1. The van der Waals surface area contributed by atoms with Crippen molar-refractivity contribution in [2.75, 3.05) is 32.2 Å². The summed E-state index contributed by atoms with van der Waals surface area (Å²) in [5.74, 6) is 1.50. The molecule has 4 rings (SSSR count). The van der Waals surface area contributed by atoms with E-state index in [1.807, 2.05) is 6.07 Å². The van der Waals surface area contributed by atoms with Gasteiger partial charge in [-0.2, -0.15) is 13.5 Å². The van der Waals surface area contributed by atoms with Gasteiger partial charge in [0, 0.05) is 42.0 Å². The number of primary amides is 1. The van der Waals surface area contributed by atoms with E-state index in [2.05, 4.69) is 32.2 Å². The Kier molecular flexibility index (Phi) is 7.31. The van der Waals surface area contributed by atoms with E-state index < -0.39 is 5.91 Å². The molecule has 0 aliphatic carbocycles. The summed E-state index contributed by atoms with van der Waals surface area (Å²) in [7, 11) is 1.43. The fraction of sp³-hybridized carbons (Fsp3) is 0.286. The lowest BCUT2D eigenvalue weighted by atomic mass is 10.0. The Morgan fingerprint density at radius 3 is 2.81 bits per heavy atom. The van der Waals surface area contributed by atoms with E-state index in [0.717, 1.165) is 5.56 Å². The number of nitrogens with one attached hydrogen (secondary N) is 1. The first-order valence-corrected chi connectivity index (χ1v) is 9.71. The number of aromatic nitrogens is 4. The van der Waals surface area contributed by atoms with E-state index in [0.29, 0.717) is 48.5 Å². The number of nitrogens with two attached hydrogens (primary N) is 1. The molecule has 0 fully saturated rings.